The zero-order valence-electron chi connectivity index (χ0n) is 20.9. The largest absolute Gasteiger partial charge is 0.391 e. The summed E-state index contributed by atoms with van der Waals surface area (Å²) in [6, 6.07) is 12.0. The molecule has 0 spiro atoms. The summed E-state index contributed by atoms with van der Waals surface area (Å²) in [5.74, 6) is -0.556. The molecular formula is C25H28ClN7O6. The number of ether oxygens (including phenoxy) is 2. The van der Waals surface area contributed by atoms with Gasteiger partial charge in [-0.25, -0.2) is 4.79 Å². The molecule has 4 amide bonds. The fraction of sp³-hybridized carbons (Fsp3) is 0.400. The molecule has 2 fully saturated rings. The first-order valence-corrected chi connectivity index (χ1v) is 12.6. The third-order valence-corrected chi connectivity index (χ3v) is 6.49. The lowest BCUT2D eigenvalue weighted by atomic mass is 10.1. The molecule has 2 aromatic rings. The minimum absolute atomic E-state index is 0.0277. The monoisotopic (exact) mass is 557 g/mol. The lowest BCUT2D eigenvalue weighted by Crippen LogP contribution is -2.45. The maximum absolute atomic E-state index is 13.3. The van der Waals surface area contributed by atoms with Crippen molar-refractivity contribution >= 4 is 46.5 Å². The molecule has 206 valence electrons. The Balaban J connectivity index is 1.43. The van der Waals surface area contributed by atoms with Gasteiger partial charge in [-0.3, -0.25) is 9.59 Å². The van der Waals surface area contributed by atoms with Gasteiger partial charge in [-0.05, 0) is 54.1 Å². The van der Waals surface area contributed by atoms with Crippen LogP contribution in [0.5, 0.6) is 0 Å². The molecule has 4 rings (SSSR count). The summed E-state index contributed by atoms with van der Waals surface area (Å²) in [6.07, 6.45) is -1.36. The number of hydrogen-bond donors (Lipinski definition) is 3. The number of carbonyl (C=O) groups is 3. The standard InChI is InChI=1S/C25H28ClN7O6/c26-16-1-3-18(4-2-16)30-25(37)33-13-21(39-14-20(34)12-28-31-27)11-22(33)24(36)29-17-5-7-19(8-6-17)32-9-10-38-15-23(32)35/h1-8,20-22,34H,9-15H2,(H,29,36)(H,30,37)/t20?,21-,22-/m1/s1. The van der Waals surface area contributed by atoms with Gasteiger partial charge in [0.25, 0.3) is 5.91 Å². The van der Waals surface area contributed by atoms with Crippen LogP contribution in [0.15, 0.2) is 53.6 Å². The highest BCUT2D eigenvalue weighted by atomic mass is 35.5. The molecule has 2 aliphatic rings. The fourth-order valence-electron chi connectivity index (χ4n) is 4.29. The Hall–Kier alpha value is -3.87. The zero-order chi connectivity index (χ0) is 27.8. The van der Waals surface area contributed by atoms with Gasteiger partial charge in [-0.15, -0.1) is 0 Å². The number of azide groups is 1. The number of nitrogens with zero attached hydrogens (tertiary/aromatic N) is 5. The van der Waals surface area contributed by atoms with E-state index in [0.717, 1.165) is 0 Å². The summed E-state index contributed by atoms with van der Waals surface area (Å²) in [4.78, 5) is 44.1. The highest BCUT2D eigenvalue weighted by molar-refractivity contribution is 6.30. The fourth-order valence-corrected chi connectivity index (χ4v) is 4.42. The molecule has 0 saturated carbocycles. The number of amides is 4. The number of halogens is 1. The lowest BCUT2D eigenvalue weighted by Gasteiger charge is -2.27. The highest BCUT2D eigenvalue weighted by Gasteiger charge is 2.40. The third kappa shape index (κ3) is 7.59. The highest BCUT2D eigenvalue weighted by Crippen LogP contribution is 2.25. The average molecular weight is 558 g/mol. The molecule has 2 saturated heterocycles. The van der Waals surface area contributed by atoms with E-state index in [2.05, 4.69) is 20.7 Å². The number of morpholine rings is 1. The second-order valence-corrected chi connectivity index (χ2v) is 9.43. The first kappa shape index (κ1) is 28.1. The topological polar surface area (TPSA) is 169 Å². The van der Waals surface area contributed by atoms with Gasteiger partial charge in [0, 0.05) is 46.5 Å². The number of rotatable bonds is 9. The molecule has 0 radical (unpaired) electrons. The van der Waals surface area contributed by atoms with Crippen molar-refractivity contribution in [3.8, 4) is 0 Å². The van der Waals surface area contributed by atoms with Crippen LogP contribution in [0.1, 0.15) is 6.42 Å². The number of aliphatic hydroxyl groups excluding tert-OH is 1. The van der Waals surface area contributed by atoms with Crippen molar-refractivity contribution in [3.05, 3.63) is 64.0 Å². The van der Waals surface area contributed by atoms with Gasteiger partial charge in [0.15, 0.2) is 0 Å². The van der Waals surface area contributed by atoms with Crippen molar-refractivity contribution in [1.82, 2.24) is 4.90 Å². The predicted octanol–water partition coefficient (Wildman–Crippen LogP) is 3.00. The van der Waals surface area contributed by atoms with E-state index in [1.54, 1.807) is 53.4 Å². The maximum atomic E-state index is 13.3. The smallest absolute Gasteiger partial charge is 0.322 e. The summed E-state index contributed by atoms with van der Waals surface area (Å²) in [5, 5.41) is 19.4. The number of aliphatic hydroxyl groups is 1. The number of anilines is 3. The van der Waals surface area contributed by atoms with Gasteiger partial charge >= 0.3 is 6.03 Å². The van der Waals surface area contributed by atoms with E-state index in [1.807, 2.05) is 0 Å². The number of likely N-dealkylation sites (tertiary alicyclic amines) is 1. The number of urea groups is 1. The maximum Gasteiger partial charge on any atom is 0.322 e. The van der Waals surface area contributed by atoms with E-state index in [1.165, 1.54) is 4.90 Å². The minimum atomic E-state index is -1.01. The molecular weight excluding hydrogens is 530 g/mol. The number of benzene rings is 2. The SMILES string of the molecule is [N-]=[N+]=NCC(O)CO[C@@H]1C[C@H](C(=O)Nc2ccc(N3CCOCC3=O)cc2)N(C(=O)Nc2ccc(Cl)cc2)C1. The Morgan fingerprint density at radius 2 is 1.87 bits per heavy atom. The Morgan fingerprint density at radius 1 is 1.18 bits per heavy atom. The van der Waals surface area contributed by atoms with E-state index in [-0.39, 0.29) is 38.6 Å². The van der Waals surface area contributed by atoms with Crippen LogP contribution in [0.4, 0.5) is 21.9 Å². The quantitative estimate of drug-likeness (QED) is 0.243. The van der Waals surface area contributed by atoms with Crippen LogP contribution < -0.4 is 15.5 Å². The molecule has 1 unspecified atom stereocenters. The number of hydrogen-bond acceptors (Lipinski definition) is 7. The second-order valence-electron chi connectivity index (χ2n) is 9.00. The molecule has 13 nitrogen and oxygen atoms in total. The van der Waals surface area contributed by atoms with Crippen LogP contribution in [0.2, 0.25) is 5.02 Å². The van der Waals surface area contributed by atoms with Crippen LogP contribution in [-0.2, 0) is 19.1 Å². The summed E-state index contributed by atoms with van der Waals surface area (Å²) >= 11 is 5.92. The van der Waals surface area contributed by atoms with Gasteiger partial charge in [-0.1, -0.05) is 16.7 Å². The van der Waals surface area contributed by atoms with Gasteiger partial charge in [0.1, 0.15) is 12.6 Å². The summed E-state index contributed by atoms with van der Waals surface area (Å²) in [5.41, 5.74) is 10.1. The normalized spacial score (nSPS) is 19.8. The van der Waals surface area contributed by atoms with E-state index >= 15 is 0 Å². The lowest BCUT2D eigenvalue weighted by molar-refractivity contribution is -0.125. The molecule has 0 bridgehead atoms. The predicted molar refractivity (Wildman–Crippen MR) is 144 cm³/mol. The van der Waals surface area contributed by atoms with Crippen LogP contribution in [0.3, 0.4) is 0 Å². The summed E-state index contributed by atoms with van der Waals surface area (Å²) < 4.78 is 10.9. The molecule has 0 aliphatic carbocycles. The Bertz CT molecular complexity index is 1220. The van der Waals surface area contributed by atoms with Crippen molar-refractivity contribution in [3.63, 3.8) is 0 Å². The van der Waals surface area contributed by atoms with Crippen molar-refractivity contribution in [2.75, 3.05) is 55.0 Å². The molecule has 2 aromatic carbocycles. The molecule has 2 heterocycles. The van der Waals surface area contributed by atoms with E-state index in [4.69, 9.17) is 26.6 Å². The van der Waals surface area contributed by atoms with Crippen LogP contribution in [-0.4, -0.2) is 85.6 Å². The minimum Gasteiger partial charge on any atom is -0.391 e. The number of carbonyl (C=O) groups excluding carboxylic acids is 3. The van der Waals surface area contributed by atoms with Gasteiger partial charge in [0.2, 0.25) is 5.91 Å². The Labute approximate surface area is 229 Å². The molecule has 3 atom stereocenters. The van der Waals surface area contributed by atoms with E-state index in [0.29, 0.717) is 35.2 Å². The first-order valence-electron chi connectivity index (χ1n) is 12.3. The second kappa shape index (κ2) is 13.3. The first-order chi connectivity index (χ1) is 18.8. The van der Waals surface area contributed by atoms with Crippen LogP contribution in [0.25, 0.3) is 10.4 Å². The third-order valence-electron chi connectivity index (χ3n) is 6.23. The number of nitrogens with one attached hydrogen (secondary N) is 2. The van der Waals surface area contributed by atoms with Gasteiger partial charge in [-0.2, -0.15) is 0 Å². The van der Waals surface area contributed by atoms with E-state index < -0.39 is 30.2 Å². The molecule has 3 N–H and O–H groups in total. The molecule has 0 aromatic heterocycles. The molecule has 2 aliphatic heterocycles. The molecule has 14 heteroatoms. The van der Waals surface area contributed by atoms with Crippen LogP contribution >= 0.6 is 11.6 Å². The van der Waals surface area contributed by atoms with Crippen LogP contribution in [0, 0.1) is 0 Å². The Kier molecular flexibility index (Phi) is 9.58. The van der Waals surface area contributed by atoms with Crippen molar-refractivity contribution in [2.24, 2.45) is 5.11 Å². The van der Waals surface area contributed by atoms with Crippen molar-refractivity contribution < 1.29 is 29.0 Å². The van der Waals surface area contributed by atoms with E-state index in [9.17, 15) is 19.5 Å². The summed E-state index contributed by atoms with van der Waals surface area (Å²) in [6.45, 7) is 0.755. The van der Waals surface area contributed by atoms with Crippen molar-refractivity contribution in [2.45, 2.75) is 24.7 Å². The zero-order valence-corrected chi connectivity index (χ0v) is 21.7. The summed E-state index contributed by atoms with van der Waals surface area (Å²) in [7, 11) is 0. The van der Waals surface area contributed by atoms with Crippen molar-refractivity contribution in [1.29, 1.82) is 0 Å². The Morgan fingerprint density at radius 3 is 2.56 bits per heavy atom. The van der Waals surface area contributed by atoms with Gasteiger partial charge < -0.3 is 35.0 Å². The average Bonchev–Trinajstić information content (AvgIpc) is 3.38. The molecule has 39 heavy (non-hydrogen) atoms. The van der Waals surface area contributed by atoms with Gasteiger partial charge in [0.05, 0.1) is 32.0 Å².